The van der Waals surface area contributed by atoms with E-state index in [1.54, 1.807) is 29.7 Å². The summed E-state index contributed by atoms with van der Waals surface area (Å²) in [5.41, 5.74) is 9.69. The van der Waals surface area contributed by atoms with Crippen molar-refractivity contribution in [2.45, 2.75) is 19.6 Å². The van der Waals surface area contributed by atoms with Crippen molar-refractivity contribution in [2.75, 3.05) is 58.3 Å². The molecule has 6 N–H and O–H groups in total. The van der Waals surface area contributed by atoms with Crippen molar-refractivity contribution in [1.29, 1.82) is 0 Å². The molecule has 3 aliphatic heterocycles. The van der Waals surface area contributed by atoms with Gasteiger partial charge in [-0.05, 0) is 94.2 Å². The Morgan fingerprint density at radius 1 is 0.704 bits per heavy atom. The number of nitrogens with zero attached hydrogens (tertiary/aromatic N) is 2. The van der Waals surface area contributed by atoms with Crippen LogP contribution < -0.4 is 10.8 Å². The Kier molecular flexibility index (Phi) is 21.6. The van der Waals surface area contributed by atoms with E-state index < -0.39 is 5.91 Å². The van der Waals surface area contributed by atoms with Gasteiger partial charge in [-0.2, -0.15) is 0 Å². The largest absolute Gasteiger partial charge is 0.465 e. The minimum Gasteiger partial charge on any atom is -0.465 e. The van der Waals surface area contributed by atoms with Crippen LogP contribution in [0.1, 0.15) is 64.5 Å². The highest BCUT2D eigenvalue weighted by molar-refractivity contribution is 9.11. The van der Waals surface area contributed by atoms with E-state index in [9.17, 15) is 14.4 Å². The van der Waals surface area contributed by atoms with Crippen molar-refractivity contribution in [3.63, 3.8) is 0 Å². The van der Waals surface area contributed by atoms with Gasteiger partial charge in [0.05, 0.1) is 38.6 Å². The van der Waals surface area contributed by atoms with E-state index in [2.05, 4.69) is 41.9 Å². The molecule has 0 aliphatic carbocycles. The van der Waals surface area contributed by atoms with Crippen LogP contribution in [-0.2, 0) is 29.1 Å². The summed E-state index contributed by atoms with van der Waals surface area (Å²) in [6.45, 7) is 3.49. The number of hydroxylamine groups is 1. The Labute approximate surface area is 332 Å². The first-order valence-corrected chi connectivity index (χ1v) is 19.0. The molecule has 0 aromatic heterocycles. The summed E-state index contributed by atoms with van der Waals surface area (Å²) < 4.78 is 9.34. The van der Waals surface area contributed by atoms with Gasteiger partial charge in [0.2, 0.25) is 0 Å². The number of carbonyl (C=O) groups is 3. The van der Waals surface area contributed by atoms with Crippen LogP contribution in [0.15, 0.2) is 73.2 Å². The van der Waals surface area contributed by atoms with E-state index in [4.69, 9.17) is 25.3 Å². The monoisotopic (exact) mass is 874 g/mol. The number of nitrogens with one attached hydrogen (secondary N) is 2. The number of methoxy groups -OCH3 is 2. The molecule has 0 saturated carbocycles. The summed E-state index contributed by atoms with van der Waals surface area (Å²) in [7, 11) is 3.76. The van der Waals surface area contributed by atoms with Crippen LogP contribution >= 0.6 is 31.9 Å². The molecule has 0 atom stereocenters. The fourth-order valence-electron chi connectivity index (χ4n) is 5.22. The Bertz CT molecular complexity index is 1660. The second kappa shape index (κ2) is 25.5. The van der Waals surface area contributed by atoms with Gasteiger partial charge in [-0.1, -0.05) is 50.1 Å². The van der Waals surface area contributed by atoms with Crippen molar-refractivity contribution in [3.8, 4) is 0 Å². The van der Waals surface area contributed by atoms with Crippen molar-refractivity contribution in [3.05, 3.63) is 123 Å². The van der Waals surface area contributed by atoms with Gasteiger partial charge in [0, 0.05) is 68.5 Å². The number of benzene rings is 3. The SMILES string of the molecule is BrCCBr.CO.COC(=O)c1ccc2c(c1)CN(CCO)C=C2.COC(=O)c1ccc2c(c1)CNC=C2.O=C(NO)c1ccc2c(c1)CN(CCO)C=C2. The Morgan fingerprint density at radius 2 is 1.13 bits per heavy atom. The van der Waals surface area contributed by atoms with Crippen LogP contribution in [0.2, 0.25) is 0 Å². The Hall–Kier alpha value is -4.51. The number of rotatable bonds is 8. The number of β-amino-alcohol motifs (C(OH)–C–C–N with tert-alkyl or cyclic N) is 2. The van der Waals surface area contributed by atoms with Crippen molar-refractivity contribution >= 4 is 67.9 Å². The van der Waals surface area contributed by atoms with E-state index in [0.29, 0.717) is 42.9 Å². The molecule has 0 bridgehead atoms. The highest BCUT2D eigenvalue weighted by atomic mass is 79.9. The zero-order chi connectivity index (χ0) is 39.9. The lowest BCUT2D eigenvalue weighted by Gasteiger charge is -2.24. The van der Waals surface area contributed by atoms with Crippen LogP contribution in [0.3, 0.4) is 0 Å². The molecule has 0 spiro atoms. The fourth-order valence-corrected chi connectivity index (χ4v) is 5.22. The second-order valence-corrected chi connectivity index (χ2v) is 12.9. The quantitative estimate of drug-likeness (QED) is 0.0792. The minimum absolute atomic E-state index is 0.0937. The molecule has 3 aliphatic rings. The Morgan fingerprint density at radius 3 is 1.56 bits per heavy atom. The van der Waals surface area contributed by atoms with Gasteiger partial charge >= 0.3 is 11.9 Å². The molecule has 15 heteroatoms. The first-order chi connectivity index (χ1) is 26.2. The number of amides is 1. The maximum Gasteiger partial charge on any atom is 0.337 e. The van der Waals surface area contributed by atoms with Gasteiger partial charge in [0.1, 0.15) is 0 Å². The normalized spacial score (nSPS) is 12.5. The van der Waals surface area contributed by atoms with Gasteiger partial charge in [-0.25, -0.2) is 15.1 Å². The molecular weight excluding hydrogens is 828 g/mol. The molecule has 3 aromatic rings. The van der Waals surface area contributed by atoms with E-state index in [-0.39, 0.29) is 25.2 Å². The molecule has 3 heterocycles. The smallest absolute Gasteiger partial charge is 0.337 e. The minimum atomic E-state index is -0.518. The first kappa shape index (κ1) is 45.6. The van der Waals surface area contributed by atoms with Gasteiger partial charge in [0.15, 0.2) is 0 Å². The van der Waals surface area contributed by atoms with Crippen molar-refractivity contribution in [2.24, 2.45) is 0 Å². The summed E-state index contributed by atoms with van der Waals surface area (Å²) in [5.74, 6) is -1.13. The second-order valence-electron chi connectivity index (χ2n) is 11.3. The zero-order valence-electron chi connectivity index (χ0n) is 30.5. The molecule has 0 radical (unpaired) electrons. The van der Waals surface area contributed by atoms with E-state index in [1.165, 1.54) is 14.2 Å². The summed E-state index contributed by atoms with van der Waals surface area (Å²) in [6.07, 6.45) is 11.7. The zero-order valence-corrected chi connectivity index (χ0v) is 33.7. The third-order valence-corrected chi connectivity index (χ3v) is 9.69. The van der Waals surface area contributed by atoms with Crippen molar-refractivity contribution in [1.82, 2.24) is 20.6 Å². The number of esters is 2. The number of fused-ring (bicyclic) bond motifs is 3. The first-order valence-electron chi connectivity index (χ1n) is 16.7. The Balaban J connectivity index is 0.000000262. The molecular formula is C39H48Br2N4O9. The number of ether oxygens (including phenoxy) is 2. The number of aliphatic hydroxyl groups is 3. The third kappa shape index (κ3) is 14.4. The molecule has 6 rings (SSSR count). The number of halogens is 2. The third-order valence-electron chi connectivity index (χ3n) is 7.83. The van der Waals surface area contributed by atoms with Crippen LogP contribution in [0.25, 0.3) is 18.2 Å². The van der Waals surface area contributed by atoms with E-state index >= 15 is 0 Å². The van der Waals surface area contributed by atoms with Gasteiger partial charge in [-0.15, -0.1) is 0 Å². The maximum atomic E-state index is 11.4. The molecule has 0 fully saturated rings. The number of hydrogen-bond acceptors (Lipinski definition) is 12. The number of aliphatic hydroxyl groups excluding tert-OH is 3. The topological polar surface area (TPSA) is 181 Å². The predicted octanol–water partition coefficient (Wildman–Crippen LogP) is 4.77. The lowest BCUT2D eigenvalue weighted by atomic mass is 10.0. The fraction of sp³-hybridized carbons (Fsp3) is 0.308. The number of alkyl halides is 2. The van der Waals surface area contributed by atoms with Gasteiger partial charge < -0.3 is 39.9 Å². The van der Waals surface area contributed by atoms with Crippen LogP contribution in [0.5, 0.6) is 0 Å². The van der Waals surface area contributed by atoms with Crippen molar-refractivity contribution < 1.29 is 44.4 Å². The predicted molar refractivity (Wildman–Crippen MR) is 216 cm³/mol. The number of carbonyl (C=O) groups excluding carboxylic acids is 3. The summed E-state index contributed by atoms with van der Waals surface area (Å²) in [4.78, 5) is 37.9. The lowest BCUT2D eigenvalue weighted by Crippen LogP contribution is -2.24. The van der Waals surface area contributed by atoms with E-state index in [1.807, 2.05) is 77.0 Å². The van der Waals surface area contributed by atoms with Crippen LogP contribution in [0.4, 0.5) is 0 Å². The van der Waals surface area contributed by atoms with Crippen LogP contribution in [-0.4, -0.2) is 106 Å². The summed E-state index contributed by atoms with van der Waals surface area (Å²) in [6, 6.07) is 16.3. The maximum absolute atomic E-state index is 11.4. The van der Waals surface area contributed by atoms with Gasteiger partial charge in [0.25, 0.3) is 5.91 Å². The van der Waals surface area contributed by atoms with E-state index in [0.717, 1.165) is 57.7 Å². The molecule has 3 aromatic carbocycles. The molecule has 54 heavy (non-hydrogen) atoms. The molecule has 292 valence electrons. The molecule has 1 amide bonds. The number of hydrogen-bond donors (Lipinski definition) is 6. The molecule has 0 saturated heterocycles. The molecule has 13 nitrogen and oxygen atoms in total. The van der Waals surface area contributed by atoms with Crippen LogP contribution in [0, 0.1) is 0 Å². The average molecular weight is 877 g/mol. The summed E-state index contributed by atoms with van der Waals surface area (Å²) >= 11 is 6.40. The lowest BCUT2D eigenvalue weighted by molar-refractivity contribution is 0.0591. The average Bonchev–Trinajstić information content (AvgIpc) is 3.23. The van der Waals surface area contributed by atoms with Gasteiger partial charge in [-0.3, -0.25) is 10.0 Å². The molecule has 0 unspecified atom stereocenters. The highest BCUT2D eigenvalue weighted by Crippen LogP contribution is 2.22. The summed E-state index contributed by atoms with van der Waals surface area (Å²) in [5, 5.41) is 38.5. The standard InChI is InChI=1S/C13H15NO3.C12H14N2O3.C11H11NO2.C2H4Br2.CH4O/c1-17-13(16)11-3-2-10-4-5-14(6-7-15)9-12(10)8-11;15-6-5-14-4-3-9-1-2-10(12(16)13-17)7-11(9)8-14;1-14-11(13)9-3-2-8-4-5-12-7-10(8)6-9;3-1-2-4;1-2/h2-5,8,15H,6-7,9H2,1H3;1-4,7,15,17H,5-6,8H2,(H,13,16);2-6,12H,7H2,1H3;1-2H2;2H,1H3. The highest BCUT2D eigenvalue weighted by Gasteiger charge is 2.15.